The number of likely N-dealkylation sites (N-methyl/N-ethyl adjacent to an activating group) is 1. The van der Waals surface area contributed by atoms with E-state index in [9.17, 15) is 20.1 Å². The summed E-state index contributed by atoms with van der Waals surface area (Å²) in [6.07, 6.45) is -4.30. The van der Waals surface area contributed by atoms with Gasteiger partial charge in [0, 0.05) is 34.9 Å². The molecule has 0 radical (unpaired) electrons. The van der Waals surface area contributed by atoms with Gasteiger partial charge in [-0.1, -0.05) is 18.5 Å². The normalized spacial score (nSPS) is 25.6. The van der Waals surface area contributed by atoms with Crippen LogP contribution in [0.5, 0.6) is 0 Å². The standard InChI is InChI=1S/C24H34ClN3O7/c1-3-28(11-12-34-24-21(31)19(29)20(30)22(35-24)23(32)33)10-4-5-14(2)27-17-8-9-26-18-13-15(25)6-7-16(17)18/h6-9,13-14,19-22,24,29-31H,3-5,10-12H2,1-2H3,(H,26,27)(H,32,33)/t14?,19-,20-,21+,22-,24+/m0/s1. The Morgan fingerprint density at radius 2 is 2.00 bits per heavy atom. The third-order valence-electron chi connectivity index (χ3n) is 6.17. The van der Waals surface area contributed by atoms with E-state index >= 15 is 0 Å². The van der Waals surface area contributed by atoms with Gasteiger partial charge < -0.3 is 40.1 Å². The fourth-order valence-electron chi connectivity index (χ4n) is 4.12. The third kappa shape index (κ3) is 7.23. The second-order valence-corrected chi connectivity index (χ2v) is 9.18. The predicted octanol–water partition coefficient (Wildman–Crippen LogP) is 1.70. The van der Waals surface area contributed by atoms with E-state index in [0.29, 0.717) is 11.6 Å². The van der Waals surface area contributed by atoms with Crippen LogP contribution < -0.4 is 5.32 Å². The number of aliphatic hydroxyl groups is 3. The number of aliphatic hydroxyl groups excluding tert-OH is 3. The van der Waals surface area contributed by atoms with E-state index in [2.05, 4.69) is 22.1 Å². The molecule has 0 aliphatic carbocycles. The maximum absolute atomic E-state index is 11.2. The van der Waals surface area contributed by atoms with E-state index in [0.717, 1.165) is 42.5 Å². The number of nitrogens with zero attached hydrogens (tertiary/aromatic N) is 2. The molecule has 1 saturated heterocycles. The van der Waals surface area contributed by atoms with Crippen molar-refractivity contribution in [2.45, 2.75) is 63.4 Å². The number of pyridine rings is 1. The van der Waals surface area contributed by atoms with Gasteiger partial charge in [-0.2, -0.15) is 0 Å². The molecule has 1 aliphatic rings. The van der Waals surface area contributed by atoms with Gasteiger partial charge in [0.05, 0.1) is 12.1 Å². The first-order valence-corrected chi connectivity index (χ1v) is 12.2. The van der Waals surface area contributed by atoms with Crippen LogP contribution in [-0.2, 0) is 14.3 Å². The molecule has 0 spiro atoms. The molecule has 1 fully saturated rings. The Balaban J connectivity index is 1.42. The first-order valence-electron chi connectivity index (χ1n) is 11.8. The number of benzene rings is 1. The number of halogens is 1. The zero-order valence-corrected chi connectivity index (χ0v) is 20.6. The minimum atomic E-state index is -1.73. The number of carboxylic acids is 1. The molecule has 2 aromatic rings. The number of nitrogens with one attached hydrogen (secondary N) is 1. The lowest BCUT2D eigenvalue weighted by molar-refractivity contribution is -0.294. The van der Waals surface area contributed by atoms with Crippen molar-refractivity contribution >= 4 is 34.2 Å². The summed E-state index contributed by atoms with van der Waals surface area (Å²) in [6, 6.07) is 7.84. The number of hydrogen-bond donors (Lipinski definition) is 5. The number of hydrogen-bond acceptors (Lipinski definition) is 9. The van der Waals surface area contributed by atoms with Crippen molar-refractivity contribution in [1.82, 2.24) is 9.88 Å². The molecule has 1 aromatic heterocycles. The maximum Gasteiger partial charge on any atom is 0.335 e. The number of ether oxygens (including phenoxy) is 2. The van der Waals surface area contributed by atoms with Crippen LogP contribution in [0, 0.1) is 0 Å². The maximum atomic E-state index is 11.2. The highest BCUT2D eigenvalue weighted by molar-refractivity contribution is 6.31. The van der Waals surface area contributed by atoms with Gasteiger partial charge in [0.25, 0.3) is 0 Å². The van der Waals surface area contributed by atoms with Gasteiger partial charge in [-0.15, -0.1) is 0 Å². The number of carboxylic acid groups (broad SMARTS) is 1. The van der Waals surface area contributed by atoms with Crippen LogP contribution in [0.3, 0.4) is 0 Å². The summed E-state index contributed by atoms with van der Waals surface area (Å²) in [7, 11) is 0. The zero-order chi connectivity index (χ0) is 25.5. The fraction of sp³-hybridized carbons (Fsp3) is 0.583. The number of anilines is 1. The van der Waals surface area contributed by atoms with Crippen molar-refractivity contribution in [2.75, 3.05) is 31.6 Å². The van der Waals surface area contributed by atoms with Crippen LogP contribution in [0.2, 0.25) is 5.02 Å². The summed E-state index contributed by atoms with van der Waals surface area (Å²) in [4.78, 5) is 17.7. The quantitative estimate of drug-likeness (QED) is 0.285. The van der Waals surface area contributed by atoms with E-state index in [4.69, 9.17) is 26.2 Å². The fourth-order valence-corrected chi connectivity index (χ4v) is 4.29. The van der Waals surface area contributed by atoms with Crippen LogP contribution in [0.4, 0.5) is 5.69 Å². The summed E-state index contributed by atoms with van der Waals surface area (Å²) in [5.74, 6) is -1.43. The van der Waals surface area contributed by atoms with Gasteiger partial charge in [0.2, 0.25) is 0 Å². The van der Waals surface area contributed by atoms with Crippen molar-refractivity contribution in [3.05, 3.63) is 35.5 Å². The molecular formula is C24H34ClN3O7. The molecule has 1 aliphatic heterocycles. The lowest BCUT2D eigenvalue weighted by Gasteiger charge is -2.38. The SMILES string of the molecule is CCN(CCCC(C)Nc1ccnc2cc(Cl)ccc12)CCO[C@@H]1O[C@H](C(=O)O)[C@@H](O)[C@H](O)[C@H]1O. The van der Waals surface area contributed by atoms with E-state index < -0.39 is 36.7 Å². The predicted molar refractivity (Wildman–Crippen MR) is 131 cm³/mol. The summed E-state index contributed by atoms with van der Waals surface area (Å²) >= 11 is 6.07. The molecule has 5 N–H and O–H groups in total. The highest BCUT2D eigenvalue weighted by atomic mass is 35.5. The Bertz CT molecular complexity index is 981. The molecular weight excluding hydrogens is 478 g/mol. The Hall–Kier alpha value is -2.05. The minimum absolute atomic E-state index is 0.171. The molecule has 0 bridgehead atoms. The summed E-state index contributed by atoms with van der Waals surface area (Å²) in [5, 5.41) is 44.0. The number of carbonyl (C=O) groups is 1. The highest BCUT2D eigenvalue weighted by Gasteiger charge is 2.47. The van der Waals surface area contributed by atoms with Gasteiger partial charge in [-0.05, 0) is 57.1 Å². The average Bonchev–Trinajstić information content (AvgIpc) is 2.82. The minimum Gasteiger partial charge on any atom is -0.479 e. The van der Waals surface area contributed by atoms with Crippen LogP contribution in [-0.4, -0.2) is 99.3 Å². The highest BCUT2D eigenvalue weighted by Crippen LogP contribution is 2.25. The van der Waals surface area contributed by atoms with Crippen molar-refractivity contribution in [3.8, 4) is 0 Å². The molecule has 0 saturated carbocycles. The molecule has 10 nitrogen and oxygen atoms in total. The molecule has 35 heavy (non-hydrogen) atoms. The molecule has 0 amide bonds. The Kier molecular flexibility index (Phi) is 10.0. The molecule has 1 unspecified atom stereocenters. The van der Waals surface area contributed by atoms with E-state index in [1.54, 1.807) is 6.20 Å². The van der Waals surface area contributed by atoms with Crippen molar-refractivity contribution in [2.24, 2.45) is 0 Å². The molecule has 6 atom stereocenters. The second kappa shape index (κ2) is 12.8. The first kappa shape index (κ1) is 27.5. The molecule has 11 heteroatoms. The molecule has 194 valence electrons. The molecule has 1 aromatic carbocycles. The van der Waals surface area contributed by atoms with E-state index in [1.807, 2.05) is 31.2 Å². The van der Waals surface area contributed by atoms with E-state index in [1.165, 1.54) is 0 Å². The Morgan fingerprint density at radius 1 is 1.23 bits per heavy atom. The molecule has 2 heterocycles. The Labute approximate surface area is 209 Å². The lowest BCUT2D eigenvalue weighted by Crippen LogP contribution is -2.60. The smallest absolute Gasteiger partial charge is 0.335 e. The summed E-state index contributed by atoms with van der Waals surface area (Å²) < 4.78 is 10.7. The monoisotopic (exact) mass is 511 g/mol. The van der Waals surface area contributed by atoms with Crippen LogP contribution in [0.15, 0.2) is 30.5 Å². The number of aromatic nitrogens is 1. The van der Waals surface area contributed by atoms with Gasteiger partial charge in [0.15, 0.2) is 12.4 Å². The van der Waals surface area contributed by atoms with Crippen molar-refractivity contribution in [1.29, 1.82) is 0 Å². The van der Waals surface area contributed by atoms with Gasteiger partial charge in [-0.3, -0.25) is 4.98 Å². The number of fused-ring (bicyclic) bond motifs is 1. The van der Waals surface area contributed by atoms with Crippen molar-refractivity contribution < 1.29 is 34.7 Å². The number of rotatable bonds is 12. The number of aliphatic carboxylic acids is 1. The van der Waals surface area contributed by atoms with Crippen LogP contribution in [0.25, 0.3) is 10.9 Å². The topological polar surface area (TPSA) is 145 Å². The third-order valence-corrected chi connectivity index (χ3v) is 6.40. The van der Waals surface area contributed by atoms with Crippen LogP contribution in [0.1, 0.15) is 26.7 Å². The second-order valence-electron chi connectivity index (χ2n) is 8.75. The van der Waals surface area contributed by atoms with Gasteiger partial charge >= 0.3 is 5.97 Å². The summed E-state index contributed by atoms with van der Waals surface area (Å²) in [6.45, 7) is 6.48. The van der Waals surface area contributed by atoms with E-state index in [-0.39, 0.29) is 12.6 Å². The summed E-state index contributed by atoms with van der Waals surface area (Å²) in [5.41, 5.74) is 1.86. The Morgan fingerprint density at radius 3 is 2.71 bits per heavy atom. The largest absolute Gasteiger partial charge is 0.479 e. The van der Waals surface area contributed by atoms with Gasteiger partial charge in [-0.25, -0.2) is 4.79 Å². The first-order chi connectivity index (χ1) is 16.7. The van der Waals surface area contributed by atoms with Crippen molar-refractivity contribution in [3.63, 3.8) is 0 Å². The molecule has 3 rings (SSSR count). The van der Waals surface area contributed by atoms with Gasteiger partial charge in [0.1, 0.15) is 18.3 Å². The van der Waals surface area contributed by atoms with Crippen LogP contribution >= 0.6 is 11.6 Å². The zero-order valence-electron chi connectivity index (χ0n) is 19.9. The lowest BCUT2D eigenvalue weighted by atomic mass is 9.99. The average molecular weight is 512 g/mol.